The molecule has 0 bridgehead atoms. The van der Waals surface area contributed by atoms with Crippen molar-refractivity contribution in [1.29, 1.82) is 0 Å². The average Bonchev–Trinajstić information content (AvgIpc) is 2.43. The smallest absolute Gasteiger partial charge is 0.306 e. The number of carbonyl (C=O) groups excluding carboxylic acids is 2. The lowest BCUT2D eigenvalue weighted by atomic mass is 10.1. The third-order valence-electron chi connectivity index (χ3n) is 2.82. The van der Waals surface area contributed by atoms with Crippen LogP contribution in [0.15, 0.2) is 5.16 Å². The number of alkyl halides is 2. The summed E-state index contributed by atoms with van der Waals surface area (Å²) in [5.41, 5.74) is 1.82. The van der Waals surface area contributed by atoms with E-state index in [9.17, 15) is 18.4 Å². The summed E-state index contributed by atoms with van der Waals surface area (Å²) in [6.07, 6.45) is 0.382. The van der Waals surface area contributed by atoms with Gasteiger partial charge in [-0.15, -0.1) is 0 Å². The summed E-state index contributed by atoms with van der Waals surface area (Å²) < 4.78 is 29.4. The van der Waals surface area contributed by atoms with Gasteiger partial charge in [0, 0.05) is 24.9 Å². The predicted octanol–water partition coefficient (Wildman–Crippen LogP) is 1.63. The van der Waals surface area contributed by atoms with Crippen LogP contribution in [0.25, 0.3) is 0 Å². The molecule has 1 rings (SSSR count). The summed E-state index contributed by atoms with van der Waals surface area (Å²) >= 11 is 0.282. The number of aryl methyl sites for hydroxylation is 2. The van der Waals surface area contributed by atoms with Crippen molar-refractivity contribution < 1.29 is 23.1 Å². The Bertz CT molecular complexity index is 532. The fourth-order valence-corrected chi connectivity index (χ4v) is 2.26. The van der Waals surface area contributed by atoms with Crippen LogP contribution in [0.4, 0.5) is 8.78 Å². The zero-order chi connectivity index (χ0) is 16.7. The molecule has 0 aromatic carbocycles. The SMILES string of the molecule is CNC(=O)COC(=O)CCc1c(C)nc(SC(F)F)nc1C. The molecule has 1 amide bonds. The number of thioether (sulfide) groups is 1. The third kappa shape index (κ3) is 5.92. The van der Waals surface area contributed by atoms with Crippen molar-refractivity contribution >= 4 is 23.6 Å². The van der Waals surface area contributed by atoms with Gasteiger partial charge in [-0.3, -0.25) is 9.59 Å². The van der Waals surface area contributed by atoms with Crippen LogP contribution in [0, 0.1) is 13.8 Å². The molecule has 0 saturated carbocycles. The van der Waals surface area contributed by atoms with Crippen molar-refractivity contribution in [3.05, 3.63) is 17.0 Å². The van der Waals surface area contributed by atoms with E-state index in [0.29, 0.717) is 17.8 Å². The molecular formula is C13H17F2N3O3S. The van der Waals surface area contributed by atoms with Crippen molar-refractivity contribution in [2.45, 2.75) is 37.6 Å². The monoisotopic (exact) mass is 333 g/mol. The minimum atomic E-state index is -2.58. The summed E-state index contributed by atoms with van der Waals surface area (Å²) in [7, 11) is 1.44. The quantitative estimate of drug-likeness (QED) is 0.464. The lowest BCUT2D eigenvalue weighted by Crippen LogP contribution is -2.25. The maximum Gasteiger partial charge on any atom is 0.306 e. The van der Waals surface area contributed by atoms with E-state index in [0.717, 1.165) is 5.56 Å². The molecular weight excluding hydrogens is 316 g/mol. The summed E-state index contributed by atoms with van der Waals surface area (Å²) in [6.45, 7) is 3.03. The standard InChI is InChI=1S/C13H17F2N3O3S/c1-7-9(4-5-11(20)21-6-10(19)16-3)8(2)18-13(17-7)22-12(14)15/h12H,4-6H2,1-3H3,(H,16,19). The highest BCUT2D eigenvalue weighted by atomic mass is 32.2. The number of hydrogen-bond acceptors (Lipinski definition) is 6. The summed E-state index contributed by atoms with van der Waals surface area (Å²) in [5, 5.41) is 2.34. The number of esters is 1. The number of hydrogen-bond donors (Lipinski definition) is 1. The molecule has 0 radical (unpaired) electrons. The fourth-order valence-electron chi connectivity index (χ4n) is 1.72. The fraction of sp³-hybridized carbons (Fsp3) is 0.538. The zero-order valence-corrected chi connectivity index (χ0v) is 13.3. The molecule has 6 nitrogen and oxygen atoms in total. The molecule has 0 unspecified atom stereocenters. The Labute approximate surface area is 131 Å². The highest BCUT2D eigenvalue weighted by Crippen LogP contribution is 2.24. The number of carbonyl (C=O) groups is 2. The van der Waals surface area contributed by atoms with Gasteiger partial charge >= 0.3 is 5.97 Å². The van der Waals surface area contributed by atoms with Crippen molar-refractivity contribution in [1.82, 2.24) is 15.3 Å². The van der Waals surface area contributed by atoms with E-state index < -0.39 is 17.6 Å². The Kier molecular flexibility index (Phi) is 7.16. The molecule has 0 aliphatic carbocycles. The van der Waals surface area contributed by atoms with Crippen LogP contribution in [0.5, 0.6) is 0 Å². The molecule has 1 aromatic heterocycles. The maximum absolute atomic E-state index is 12.3. The van der Waals surface area contributed by atoms with E-state index in [1.54, 1.807) is 13.8 Å². The molecule has 1 N–H and O–H groups in total. The van der Waals surface area contributed by atoms with E-state index in [4.69, 9.17) is 4.74 Å². The summed E-state index contributed by atoms with van der Waals surface area (Å²) in [4.78, 5) is 30.5. The van der Waals surface area contributed by atoms with Crippen molar-refractivity contribution in [3.63, 3.8) is 0 Å². The molecule has 0 spiro atoms. The molecule has 0 fully saturated rings. The zero-order valence-electron chi connectivity index (χ0n) is 12.5. The molecule has 122 valence electrons. The number of aromatic nitrogens is 2. The lowest BCUT2D eigenvalue weighted by Gasteiger charge is -2.10. The summed E-state index contributed by atoms with van der Waals surface area (Å²) in [6, 6.07) is 0. The normalized spacial score (nSPS) is 10.6. The number of halogens is 2. The van der Waals surface area contributed by atoms with E-state index in [1.807, 2.05) is 0 Å². The Balaban J connectivity index is 2.62. The molecule has 1 aromatic rings. The molecule has 0 aliphatic rings. The van der Waals surface area contributed by atoms with Gasteiger partial charge in [0.25, 0.3) is 11.7 Å². The highest BCUT2D eigenvalue weighted by Gasteiger charge is 2.14. The molecule has 0 atom stereocenters. The van der Waals surface area contributed by atoms with Gasteiger partial charge in [0.1, 0.15) is 0 Å². The van der Waals surface area contributed by atoms with Crippen LogP contribution in [0.2, 0.25) is 0 Å². The van der Waals surface area contributed by atoms with Crippen molar-refractivity contribution in [2.75, 3.05) is 13.7 Å². The van der Waals surface area contributed by atoms with E-state index in [2.05, 4.69) is 15.3 Å². The number of nitrogens with one attached hydrogen (secondary N) is 1. The minimum Gasteiger partial charge on any atom is -0.456 e. The summed E-state index contributed by atoms with van der Waals surface area (Å²) in [5.74, 6) is -3.49. The first-order chi connectivity index (χ1) is 10.3. The Morgan fingerprint density at radius 1 is 1.27 bits per heavy atom. The molecule has 9 heteroatoms. The van der Waals surface area contributed by atoms with Crippen LogP contribution in [0.3, 0.4) is 0 Å². The molecule has 0 saturated heterocycles. The van der Waals surface area contributed by atoms with Gasteiger partial charge in [0.15, 0.2) is 11.8 Å². The first-order valence-electron chi connectivity index (χ1n) is 6.48. The van der Waals surface area contributed by atoms with Gasteiger partial charge in [0.05, 0.1) is 0 Å². The Morgan fingerprint density at radius 3 is 2.36 bits per heavy atom. The Hall–Kier alpha value is -1.77. The second kappa shape index (κ2) is 8.62. The van der Waals surface area contributed by atoms with Crippen LogP contribution >= 0.6 is 11.8 Å². The largest absolute Gasteiger partial charge is 0.456 e. The van der Waals surface area contributed by atoms with Crippen LogP contribution in [-0.2, 0) is 20.7 Å². The second-order valence-corrected chi connectivity index (χ2v) is 5.33. The van der Waals surface area contributed by atoms with E-state index >= 15 is 0 Å². The number of ether oxygens (including phenoxy) is 1. The molecule has 22 heavy (non-hydrogen) atoms. The maximum atomic E-state index is 12.3. The third-order valence-corrected chi connectivity index (χ3v) is 3.39. The number of nitrogens with zero attached hydrogens (tertiary/aromatic N) is 2. The van der Waals surface area contributed by atoms with Gasteiger partial charge in [-0.2, -0.15) is 8.78 Å². The second-order valence-electron chi connectivity index (χ2n) is 4.37. The first kappa shape index (κ1) is 18.3. The number of rotatable bonds is 7. The van der Waals surface area contributed by atoms with Gasteiger partial charge in [0.2, 0.25) is 0 Å². The lowest BCUT2D eigenvalue weighted by molar-refractivity contribution is -0.148. The molecule has 1 heterocycles. The van der Waals surface area contributed by atoms with Crippen molar-refractivity contribution in [3.8, 4) is 0 Å². The topological polar surface area (TPSA) is 81.2 Å². The van der Waals surface area contributed by atoms with Crippen molar-refractivity contribution in [2.24, 2.45) is 0 Å². The van der Waals surface area contributed by atoms with Gasteiger partial charge < -0.3 is 10.1 Å². The average molecular weight is 333 g/mol. The van der Waals surface area contributed by atoms with Crippen LogP contribution < -0.4 is 5.32 Å². The van der Waals surface area contributed by atoms with Gasteiger partial charge in [-0.1, -0.05) is 0 Å². The first-order valence-corrected chi connectivity index (χ1v) is 7.36. The van der Waals surface area contributed by atoms with Crippen LogP contribution in [-0.4, -0.2) is 41.3 Å². The highest BCUT2D eigenvalue weighted by molar-refractivity contribution is 7.99. The Morgan fingerprint density at radius 2 is 1.86 bits per heavy atom. The minimum absolute atomic E-state index is 0.0101. The van der Waals surface area contributed by atoms with Gasteiger partial charge in [-0.05, 0) is 37.6 Å². The number of amides is 1. The molecule has 0 aliphatic heterocycles. The number of likely N-dealkylation sites (N-methyl/N-ethyl adjacent to an activating group) is 1. The van der Waals surface area contributed by atoms with Gasteiger partial charge in [-0.25, -0.2) is 9.97 Å². The van der Waals surface area contributed by atoms with Crippen LogP contribution in [0.1, 0.15) is 23.4 Å². The predicted molar refractivity (Wildman–Crippen MR) is 76.7 cm³/mol. The van der Waals surface area contributed by atoms with E-state index in [1.165, 1.54) is 7.05 Å². The van der Waals surface area contributed by atoms with E-state index in [-0.39, 0.29) is 29.9 Å².